The molecule has 0 N–H and O–H groups in total. The number of alkyl halides is 1. The molecule has 0 atom stereocenters. The predicted molar refractivity (Wildman–Crippen MR) is 42.6 cm³/mol. The lowest BCUT2D eigenvalue weighted by molar-refractivity contribution is 0.142. The van der Waals surface area contributed by atoms with Crippen LogP contribution in [0, 0.1) is 0 Å². The van der Waals surface area contributed by atoms with Crippen LogP contribution in [-0.2, 0) is 4.74 Å². The van der Waals surface area contributed by atoms with E-state index in [1.54, 1.807) is 0 Å². The van der Waals surface area contributed by atoms with Crippen LogP contribution < -0.4 is 0 Å². The van der Waals surface area contributed by atoms with Crippen LogP contribution in [0.1, 0.15) is 6.42 Å². The molecule has 0 unspecified atom stereocenters. The molecule has 3 heteroatoms. The zero-order chi connectivity index (χ0) is 7.23. The van der Waals surface area contributed by atoms with E-state index >= 15 is 0 Å². The number of hydrogen-bond acceptors (Lipinski definition) is 2. The van der Waals surface area contributed by atoms with Gasteiger partial charge < -0.3 is 4.74 Å². The van der Waals surface area contributed by atoms with Crippen LogP contribution in [-0.4, -0.2) is 43.6 Å². The Hall–Kier alpha value is 0.210. The van der Waals surface area contributed by atoms with Crippen molar-refractivity contribution >= 4 is 11.6 Å². The lowest BCUT2D eigenvalue weighted by atomic mass is 10.4. The summed E-state index contributed by atoms with van der Waals surface area (Å²) >= 11 is 5.61. The van der Waals surface area contributed by atoms with Gasteiger partial charge in [0.15, 0.2) is 0 Å². The summed E-state index contributed by atoms with van der Waals surface area (Å²) in [5.74, 6) is 0.736. The van der Waals surface area contributed by atoms with Crippen LogP contribution in [0.4, 0.5) is 0 Å². The molecule has 1 rings (SSSR count). The lowest BCUT2D eigenvalue weighted by Crippen LogP contribution is -2.28. The van der Waals surface area contributed by atoms with E-state index < -0.39 is 0 Å². The summed E-state index contributed by atoms with van der Waals surface area (Å²) in [7, 11) is 0. The molecule has 0 bridgehead atoms. The Labute approximate surface area is 67.1 Å². The number of nitrogens with zero attached hydrogens (tertiary/aromatic N) is 1. The second-order valence-electron chi connectivity index (χ2n) is 2.50. The first kappa shape index (κ1) is 8.31. The van der Waals surface area contributed by atoms with Crippen molar-refractivity contribution in [2.45, 2.75) is 6.42 Å². The predicted octanol–water partition coefficient (Wildman–Crippen LogP) is 0.948. The van der Waals surface area contributed by atoms with Crippen LogP contribution in [0.5, 0.6) is 0 Å². The minimum absolute atomic E-state index is 0.736. The van der Waals surface area contributed by atoms with Gasteiger partial charge in [-0.1, -0.05) is 0 Å². The molecule has 1 aliphatic rings. The summed E-state index contributed by atoms with van der Waals surface area (Å²) in [4.78, 5) is 2.35. The van der Waals surface area contributed by atoms with Gasteiger partial charge in [0, 0.05) is 32.1 Å². The molecule has 0 amide bonds. The van der Waals surface area contributed by atoms with Gasteiger partial charge in [-0.3, -0.25) is 4.90 Å². The first-order chi connectivity index (χ1) is 4.93. The molecule has 1 fully saturated rings. The highest BCUT2D eigenvalue weighted by molar-refractivity contribution is 6.18. The van der Waals surface area contributed by atoms with Gasteiger partial charge in [-0.05, 0) is 6.42 Å². The maximum absolute atomic E-state index is 5.61. The molecule has 60 valence electrons. The summed E-state index contributed by atoms with van der Waals surface area (Å²) < 4.78 is 5.29. The average molecular weight is 164 g/mol. The maximum atomic E-state index is 5.61. The monoisotopic (exact) mass is 163 g/mol. The Morgan fingerprint density at radius 2 is 2.20 bits per heavy atom. The van der Waals surface area contributed by atoms with Crippen molar-refractivity contribution in [1.29, 1.82) is 0 Å². The molecule has 1 heterocycles. The van der Waals surface area contributed by atoms with Gasteiger partial charge in [-0.2, -0.15) is 0 Å². The van der Waals surface area contributed by atoms with E-state index in [9.17, 15) is 0 Å². The highest BCUT2D eigenvalue weighted by Gasteiger charge is 2.06. The minimum Gasteiger partial charge on any atom is -0.380 e. The van der Waals surface area contributed by atoms with E-state index in [-0.39, 0.29) is 0 Å². The summed E-state index contributed by atoms with van der Waals surface area (Å²) in [6, 6.07) is 0. The number of rotatable bonds is 2. The first-order valence-corrected chi connectivity index (χ1v) is 4.33. The van der Waals surface area contributed by atoms with Crippen LogP contribution >= 0.6 is 11.6 Å². The van der Waals surface area contributed by atoms with E-state index in [1.165, 1.54) is 0 Å². The van der Waals surface area contributed by atoms with Crippen LogP contribution in [0.3, 0.4) is 0 Å². The quantitative estimate of drug-likeness (QED) is 0.562. The Balaban J connectivity index is 2.15. The summed E-state index contributed by atoms with van der Waals surface area (Å²) in [6.45, 7) is 4.99. The summed E-state index contributed by atoms with van der Waals surface area (Å²) in [5.41, 5.74) is 0. The number of hydrogen-bond donors (Lipinski definition) is 0. The fraction of sp³-hybridized carbons (Fsp3) is 1.00. The van der Waals surface area contributed by atoms with E-state index in [1.807, 2.05) is 0 Å². The zero-order valence-corrected chi connectivity index (χ0v) is 6.94. The smallest absolute Gasteiger partial charge is 0.0593 e. The molecule has 1 saturated heterocycles. The van der Waals surface area contributed by atoms with E-state index in [0.717, 1.165) is 45.1 Å². The average Bonchev–Trinajstić information content (AvgIpc) is 2.17. The molecule has 1 aliphatic heterocycles. The molecule has 10 heavy (non-hydrogen) atoms. The number of halogens is 1. The highest BCUT2D eigenvalue weighted by atomic mass is 35.5. The summed E-state index contributed by atoms with van der Waals surface area (Å²) in [5, 5.41) is 0. The van der Waals surface area contributed by atoms with Crippen molar-refractivity contribution in [3.05, 3.63) is 0 Å². The SMILES string of the molecule is ClCCN1CCCOCC1. The third-order valence-electron chi connectivity index (χ3n) is 1.72. The topological polar surface area (TPSA) is 12.5 Å². The van der Waals surface area contributed by atoms with Crippen molar-refractivity contribution in [2.24, 2.45) is 0 Å². The third-order valence-corrected chi connectivity index (χ3v) is 1.88. The number of ether oxygens (including phenoxy) is 1. The second kappa shape index (κ2) is 4.94. The van der Waals surface area contributed by atoms with Gasteiger partial charge in [0.25, 0.3) is 0 Å². The zero-order valence-electron chi connectivity index (χ0n) is 6.18. The van der Waals surface area contributed by atoms with E-state index in [4.69, 9.17) is 16.3 Å². The van der Waals surface area contributed by atoms with Gasteiger partial charge in [-0.25, -0.2) is 0 Å². The Morgan fingerprint density at radius 1 is 1.30 bits per heavy atom. The van der Waals surface area contributed by atoms with Crippen molar-refractivity contribution in [1.82, 2.24) is 4.90 Å². The summed E-state index contributed by atoms with van der Waals surface area (Å²) in [6.07, 6.45) is 1.15. The fourth-order valence-electron chi connectivity index (χ4n) is 1.14. The van der Waals surface area contributed by atoms with Gasteiger partial charge >= 0.3 is 0 Å². The molecule has 0 radical (unpaired) electrons. The van der Waals surface area contributed by atoms with Crippen LogP contribution in [0.25, 0.3) is 0 Å². The van der Waals surface area contributed by atoms with Gasteiger partial charge in [0.05, 0.1) is 6.61 Å². The van der Waals surface area contributed by atoms with Gasteiger partial charge in [0.2, 0.25) is 0 Å². The molecule has 0 saturated carbocycles. The highest BCUT2D eigenvalue weighted by Crippen LogP contribution is 1.98. The van der Waals surface area contributed by atoms with Gasteiger partial charge in [-0.15, -0.1) is 11.6 Å². The van der Waals surface area contributed by atoms with Crippen molar-refractivity contribution < 1.29 is 4.74 Å². The van der Waals surface area contributed by atoms with Crippen LogP contribution in [0.2, 0.25) is 0 Å². The van der Waals surface area contributed by atoms with E-state index in [0.29, 0.717) is 0 Å². The second-order valence-corrected chi connectivity index (χ2v) is 2.87. The van der Waals surface area contributed by atoms with Crippen molar-refractivity contribution in [2.75, 3.05) is 38.7 Å². The standard InChI is InChI=1S/C7H14ClNO/c8-2-4-9-3-1-6-10-7-5-9/h1-7H2. The third kappa shape index (κ3) is 2.86. The van der Waals surface area contributed by atoms with E-state index in [2.05, 4.69) is 4.90 Å². The Kier molecular flexibility index (Phi) is 4.10. The van der Waals surface area contributed by atoms with Crippen molar-refractivity contribution in [3.63, 3.8) is 0 Å². The normalized spacial score (nSPS) is 22.5. The molecular weight excluding hydrogens is 150 g/mol. The maximum Gasteiger partial charge on any atom is 0.0593 e. The first-order valence-electron chi connectivity index (χ1n) is 3.79. The lowest BCUT2D eigenvalue weighted by Gasteiger charge is -2.16. The molecule has 0 aromatic carbocycles. The molecule has 2 nitrogen and oxygen atoms in total. The molecule has 0 aliphatic carbocycles. The molecule has 0 aromatic heterocycles. The molecule has 0 spiro atoms. The van der Waals surface area contributed by atoms with Crippen LogP contribution in [0.15, 0.2) is 0 Å². The fourth-order valence-corrected chi connectivity index (χ4v) is 1.38. The molecular formula is C7H14ClNO. The Morgan fingerprint density at radius 3 is 3.00 bits per heavy atom. The minimum atomic E-state index is 0.736. The Bertz CT molecular complexity index is 81.7. The largest absolute Gasteiger partial charge is 0.380 e. The van der Waals surface area contributed by atoms with Crippen molar-refractivity contribution in [3.8, 4) is 0 Å². The molecule has 0 aromatic rings. The van der Waals surface area contributed by atoms with Gasteiger partial charge in [0.1, 0.15) is 0 Å².